The summed E-state index contributed by atoms with van der Waals surface area (Å²) in [7, 11) is -3.67. The smallest absolute Gasteiger partial charge is 0.245 e. The highest BCUT2D eigenvalue weighted by Gasteiger charge is 2.25. The summed E-state index contributed by atoms with van der Waals surface area (Å²) in [4.78, 5) is 0.0230. The fourth-order valence-corrected chi connectivity index (χ4v) is 3.28. The minimum Gasteiger partial charge on any atom is -0.398 e. The predicted molar refractivity (Wildman–Crippen MR) is 76.5 cm³/mol. The van der Waals surface area contributed by atoms with E-state index in [1.54, 1.807) is 6.92 Å². The maximum Gasteiger partial charge on any atom is 0.245 e. The zero-order valence-electron chi connectivity index (χ0n) is 11.7. The van der Waals surface area contributed by atoms with Gasteiger partial charge in [0.1, 0.15) is 4.90 Å². The van der Waals surface area contributed by atoms with Crippen LogP contribution in [0, 0.1) is 11.3 Å². The molecule has 7 heteroatoms. The summed E-state index contributed by atoms with van der Waals surface area (Å²) in [6, 6.07) is 6.10. The standard InChI is InChI=1S/C13H19N3O3S/c1-3-16(7-8-19-4-2)20(17,18)13-6-5-11(10-14)9-12(13)15/h5-6,9H,3-4,7-8,15H2,1-2H3. The van der Waals surface area contributed by atoms with Crippen LogP contribution in [0.1, 0.15) is 19.4 Å². The molecule has 0 aliphatic carbocycles. The Hall–Kier alpha value is -1.62. The molecule has 1 rings (SSSR count). The Morgan fingerprint density at radius 3 is 2.60 bits per heavy atom. The van der Waals surface area contributed by atoms with Crippen molar-refractivity contribution < 1.29 is 13.2 Å². The van der Waals surface area contributed by atoms with Gasteiger partial charge < -0.3 is 10.5 Å². The van der Waals surface area contributed by atoms with Crippen LogP contribution in [0.3, 0.4) is 0 Å². The predicted octanol–water partition coefficient (Wildman–Crippen LogP) is 1.19. The Morgan fingerprint density at radius 2 is 2.10 bits per heavy atom. The molecule has 0 aliphatic rings. The third-order valence-corrected chi connectivity index (χ3v) is 4.85. The van der Waals surface area contributed by atoms with Gasteiger partial charge in [-0.2, -0.15) is 9.57 Å². The summed E-state index contributed by atoms with van der Waals surface area (Å²) in [6.07, 6.45) is 0. The van der Waals surface area contributed by atoms with E-state index in [-0.39, 0.29) is 17.1 Å². The average molecular weight is 297 g/mol. The highest BCUT2D eigenvalue weighted by Crippen LogP contribution is 2.23. The first-order valence-electron chi connectivity index (χ1n) is 6.34. The van der Waals surface area contributed by atoms with Crippen molar-refractivity contribution in [2.45, 2.75) is 18.7 Å². The summed E-state index contributed by atoms with van der Waals surface area (Å²) in [5.41, 5.74) is 6.16. The summed E-state index contributed by atoms with van der Waals surface area (Å²) >= 11 is 0. The quantitative estimate of drug-likeness (QED) is 0.602. The third kappa shape index (κ3) is 3.70. The molecule has 0 radical (unpaired) electrons. The average Bonchev–Trinajstić information content (AvgIpc) is 2.42. The summed E-state index contributed by atoms with van der Waals surface area (Å²) in [5.74, 6) is 0. The van der Waals surface area contributed by atoms with Crippen molar-refractivity contribution in [3.8, 4) is 6.07 Å². The van der Waals surface area contributed by atoms with E-state index < -0.39 is 10.0 Å². The van der Waals surface area contributed by atoms with Crippen molar-refractivity contribution in [2.75, 3.05) is 32.0 Å². The number of benzene rings is 1. The van der Waals surface area contributed by atoms with E-state index in [1.165, 1.54) is 22.5 Å². The van der Waals surface area contributed by atoms with Gasteiger partial charge in [0.05, 0.1) is 23.9 Å². The van der Waals surface area contributed by atoms with Crippen LogP contribution in [-0.2, 0) is 14.8 Å². The molecular weight excluding hydrogens is 278 g/mol. The fourth-order valence-electron chi connectivity index (χ4n) is 1.75. The lowest BCUT2D eigenvalue weighted by Crippen LogP contribution is -2.34. The molecule has 0 aliphatic heterocycles. The highest BCUT2D eigenvalue weighted by atomic mass is 32.2. The van der Waals surface area contributed by atoms with Crippen molar-refractivity contribution in [2.24, 2.45) is 0 Å². The molecule has 0 spiro atoms. The van der Waals surface area contributed by atoms with Gasteiger partial charge in [0.15, 0.2) is 0 Å². The lowest BCUT2D eigenvalue weighted by Gasteiger charge is -2.21. The number of hydrogen-bond donors (Lipinski definition) is 1. The topological polar surface area (TPSA) is 96.4 Å². The van der Waals surface area contributed by atoms with Crippen LogP contribution >= 0.6 is 0 Å². The number of rotatable bonds is 7. The van der Waals surface area contributed by atoms with Crippen molar-refractivity contribution >= 4 is 15.7 Å². The highest BCUT2D eigenvalue weighted by molar-refractivity contribution is 7.89. The Balaban J connectivity index is 3.05. The van der Waals surface area contributed by atoms with Gasteiger partial charge in [-0.1, -0.05) is 6.92 Å². The number of nitriles is 1. The van der Waals surface area contributed by atoms with Gasteiger partial charge in [-0.3, -0.25) is 0 Å². The van der Waals surface area contributed by atoms with Crippen LogP contribution in [0.25, 0.3) is 0 Å². The molecule has 1 aromatic rings. The first kappa shape index (κ1) is 16.4. The van der Waals surface area contributed by atoms with Gasteiger partial charge in [0.25, 0.3) is 0 Å². The number of likely N-dealkylation sites (N-methyl/N-ethyl adjacent to an activating group) is 1. The minimum absolute atomic E-state index is 0.0230. The van der Waals surface area contributed by atoms with Gasteiger partial charge in [-0.15, -0.1) is 0 Å². The first-order valence-corrected chi connectivity index (χ1v) is 7.78. The Morgan fingerprint density at radius 1 is 1.40 bits per heavy atom. The maximum atomic E-state index is 12.5. The lowest BCUT2D eigenvalue weighted by molar-refractivity contribution is 0.135. The minimum atomic E-state index is -3.67. The second-order valence-electron chi connectivity index (χ2n) is 4.06. The van der Waals surface area contributed by atoms with E-state index in [1.807, 2.05) is 13.0 Å². The number of anilines is 1. The van der Waals surface area contributed by atoms with E-state index in [0.717, 1.165) is 0 Å². The van der Waals surface area contributed by atoms with Gasteiger partial charge >= 0.3 is 0 Å². The van der Waals surface area contributed by atoms with Crippen LogP contribution in [-0.4, -0.2) is 39.0 Å². The number of nitrogen functional groups attached to an aromatic ring is 1. The van der Waals surface area contributed by atoms with E-state index in [0.29, 0.717) is 25.3 Å². The lowest BCUT2D eigenvalue weighted by atomic mass is 10.2. The zero-order chi connectivity index (χ0) is 15.2. The molecule has 6 nitrogen and oxygen atoms in total. The SMILES string of the molecule is CCOCCN(CC)S(=O)(=O)c1ccc(C#N)cc1N. The van der Waals surface area contributed by atoms with E-state index >= 15 is 0 Å². The van der Waals surface area contributed by atoms with Gasteiger partial charge in [-0.05, 0) is 25.1 Å². The molecule has 110 valence electrons. The molecule has 0 amide bonds. The van der Waals surface area contributed by atoms with Crippen molar-refractivity contribution in [3.63, 3.8) is 0 Å². The third-order valence-electron chi connectivity index (χ3n) is 2.80. The number of nitrogens with two attached hydrogens (primary N) is 1. The fraction of sp³-hybridized carbons (Fsp3) is 0.462. The Labute approximate surface area is 119 Å². The number of sulfonamides is 1. The van der Waals surface area contributed by atoms with Crippen LogP contribution < -0.4 is 5.73 Å². The van der Waals surface area contributed by atoms with Gasteiger partial charge in [0.2, 0.25) is 10.0 Å². The molecule has 0 fully saturated rings. The Bertz CT molecular complexity index is 593. The number of nitrogens with zero attached hydrogens (tertiary/aromatic N) is 2. The molecule has 0 aromatic heterocycles. The monoisotopic (exact) mass is 297 g/mol. The second kappa shape index (κ2) is 7.24. The van der Waals surface area contributed by atoms with Crippen molar-refractivity contribution in [3.05, 3.63) is 23.8 Å². The van der Waals surface area contributed by atoms with E-state index in [4.69, 9.17) is 15.7 Å². The van der Waals surface area contributed by atoms with E-state index in [2.05, 4.69) is 0 Å². The zero-order valence-corrected chi connectivity index (χ0v) is 12.5. The summed E-state index contributed by atoms with van der Waals surface area (Å²) in [6.45, 7) is 5.07. The van der Waals surface area contributed by atoms with Crippen LogP contribution in [0.4, 0.5) is 5.69 Å². The largest absolute Gasteiger partial charge is 0.398 e. The molecule has 0 bridgehead atoms. The van der Waals surface area contributed by atoms with Gasteiger partial charge in [-0.25, -0.2) is 8.42 Å². The molecule has 20 heavy (non-hydrogen) atoms. The summed E-state index contributed by atoms with van der Waals surface area (Å²) in [5, 5.41) is 8.77. The van der Waals surface area contributed by atoms with Crippen LogP contribution in [0.15, 0.2) is 23.1 Å². The Kier molecular flexibility index (Phi) is 5.95. The van der Waals surface area contributed by atoms with Crippen LogP contribution in [0.2, 0.25) is 0 Å². The van der Waals surface area contributed by atoms with Gasteiger partial charge in [0, 0.05) is 19.7 Å². The maximum absolute atomic E-state index is 12.5. The first-order chi connectivity index (χ1) is 9.47. The second-order valence-corrected chi connectivity index (χ2v) is 5.96. The van der Waals surface area contributed by atoms with Crippen LogP contribution in [0.5, 0.6) is 0 Å². The molecule has 1 aromatic carbocycles. The molecule has 0 saturated heterocycles. The molecule has 0 heterocycles. The molecule has 0 atom stereocenters. The van der Waals surface area contributed by atoms with Crippen molar-refractivity contribution in [1.29, 1.82) is 5.26 Å². The normalized spacial score (nSPS) is 11.5. The molecular formula is C13H19N3O3S. The molecule has 0 saturated carbocycles. The molecule has 2 N–H and O–H groups in total. The summed E-state index contributed by atoms with van der Waals surface area (Å²) < 4.78 is 31.5. The number of hydrogen-bond acceptors (Lipinski definition) is 5. The van der Waals surface area contributed by atoms with Crippen molar-refractivity contribution in [1.82, 2.24) is 4.31 Å². The number of ether oxygens (including phenoxy) is 1. The molecule has 0 unspecified atom stereocenters. The van der Waals surface area contributed by atoms with E-state index in [9.17, 15) is 8.42 Å².